The zero-order valence-electron chi connectivity index (χ0n) is 9.27. The Hall–Kier alpha value is -0.290. The first-order valence-corrected chi connectivity index (χ1v) is 5.43. The van der Waals surface area contributed by atoms with Gasteiger partial charge >= 0.3 is 6.18 Å². The molecule has 1 saturated heterocycles. The van der Waals surface area contributed by atoms with Crippen LogP contribution in [-0.2, 0) is 0 Å². The smallest absolute Gasteiger partial charge is 0.313 e. The minimum Gasteiger partial charge on any atom is -0.313 e. The summed E-state index contributed by atoms with van der Waals surface area (Å²) in [5, 5.41) is 2.95. The highest BCUT2D eigenvalue weighted by atomic mass is 19.4. The minimum atomic E-state index is -4.04. The summed E-state index contributed by atoms with van der Waals surface area (Å²) in [6.07, 6.45) is -3.24. The molecule has 2 atom stereocenters. The van der Waals surface area contributed by atoms with Crippen molar-refractivity contribution in [2.75, 3.05) is 26.7 Å². The average molecular weight is 224 g/mol. The van der Waals surface area contributed by atoms with Crippen molar-refractivity contribution in [1.82, 2.24) is 10.2 Å². The summed E-state index contributed by atoms with van der Waals surface area (Å²) in [5.41, 5.74) is 0. The van der Waals surface area contributed by atoms with Crippen LogP contribution >= 0.6 is 0 Å². The third-order valence-electron chi connectivity index (χ3n) is 3.13. The van der Waals surface area contributed by atoms with E-state index in [1.165, 1.54) is 0 Å². The number of nitrogens with one attached hydrogen (secondary N) is 1. The molecule has 0 aromatic heterocycles. The van der Waals surface area contributed by atoms with Gasteiger partial charge in [0.05, 0.1) is 5.92 Å². The largest absolute Gasteiger partial charge is 0.393 e. The van der Waals surface area contributed by atoms with Gasteiger partial charge in [0.2, 0.25) is 0 Å². The molecule has 2 unspecified atom stereocenters. The van der Waals surface area contributed by atoms with Gasteiger partial charge in [-0.05, 0) is 39.5 Å². The quantitative estimate of drug-likeness (QED) is 0.784. The Morgan fingerprint density at radius 1 is 1.40 bits per heavy atom. The van der Waals surface area contributed by atoms with Crippen LogP contribution in [0.1, 0.15) is 19.8 Å². The van der Waals surface area contributed by atoms with E-state index in [1.54, 1.807) is 0 Å². The lowest BCUT2D eigenvalue weighted by Crippen LogP contribution is -2.38. The van der Waals surface area contributed by atoms with Crippen molar-refractivity contribution in [2.45, 2.75) is 32.0 Å². The maximum Gasteiger partial charge on any atom is 0.393 e. The van der Waals surface area contributed by atoms with Gasteiger partial charge in [-0.2, -0.15) is 13.2 Å². The number of rotatable bonds is 4. The summed E-state index contributed by atoms with van der Waals surface area (Å²) in [5.74, 6) is -1.15. The van der Waals surface area contributed by atoms with Crippen LogP contribution in [0.4, 0.5) is 13.2 Å². The van der Waals surface area contributed by atoms with E-state index in [9.17, 15) is 13.2 Å². The van der Waals surface area contributed by atoms with E-state index in [0.717, 1.165) is 13.1 Å². The van der Waals surface area contributed by atoms with Crippen LogP contribution in [0.25, 0.3) is 0 Å². The van der Waals surface area contributed by atoms with Crippen molar-refractivity contribution in [3.05, 3.63) is 0 Å². The van der Waals surface area contributed by atoms with Crippen molar-refractivity contribution < 1.29 is 13.2 Å². The molecule has 0 aromatic rings. The van der Waals surface area contributed by atoms with Gasteiger partial charge in [0.25, 0.3) is 0 Å². The summed E-state index contributed by atoms with van der Waals surface area (Å²) in [4.78, 5) is 2.04. The van der Waals surface area contributed by atoms with Gasteiger partial charge in [-0.25, -0.2) is 0 Å². The van der Waals surface area contributed by atoms with Crippen LogP contribution < -0.4 is 5.32 Å². The molecule has 0 aliphatic carbocycles. The monoisotopic (exact) mass is 224 g/mol. The molecule has 0 spiro atoms. The second-order valence-electron chi connectivity index (χ2n) is 4.18. The van der Waals surface area contributed by atoms with E-state index >= 15 is 0 Å². The Labute approximate surface area is 88.8 Å². The zero-order valence-corrected chi connectivity index (χ0v) is 9.27. The van der Waals surface area contributed by atoms with Crippen LogP contribution in [0.5, 0.6) is 0 Å². The van der Waals surface area contributed by atoms with Crippen molar-refractivity contribution in [2.24, 2.45) is 5.92 Å². The van der Waals surface area contributed by atoms with Crippen LogP contribution in [0.3, 0.4) is 0 Å². The molecule has 90 valence electrons. The van der Waals surface area contributed by atoms with E-state index in [0.29, 0.717) is 13.0 Å². The summed E-state index contributed by atoms with van der Waals surface area (Å²) in [6.45, 7) is 4.10. The predicted molar refractivity (Wildman–Crippen MR) is 53.7 cm³/mol. The third kappa shape index (κ3) is 3.65. The van der Waals surface area contributed by atoms with Gasteiger partial charge in [-0.3, -0.25) is 0 Å². The predicted octanol–water partition coefficient (Wildman–Crippen LogP) is 1.87. The highest BCUT2D eigenvalue weighted by Gasteiger charge is 2.46. The number of halogens is 3. The van der Waals surface area contributed by atoms with Crippen molar-refractivity contribution in [1.29, 1.82) is 0 Å². The number of nitrogens with zero attached hydrogens (tertiary/aromatic N) is 1. The summed E-state index contributed by atoms with van der Waals surface area (Å²) >= 11 is 0. The van der Waals surface area contributed by atoms with E-state index in [1.807, 2.05) is 18.9 Å². The number of hydrogen-bond donors (Lipinski definition) is 1. The highest BCUT2D eigenvalue weighted by Crippen LogP contribution is 2.35. The maximum absolute atomic E-state index is 12.6. The fraction of sp³-hybridized carbons (Fsp3) is 1.00. The third-order valence-corrected chi connectivity index (χ3v) is 3.13. The van der Waals surface area contributed by atoms with Gasteiger partial charge in [0.1, 0.15) is 0 Å². The molecule has 0 amide bonds. The molecule has 0 bridgehead atoms. The van der Waals surface area contributed by atoms with Crippen LogP contribution in [0.15, 0.2) is 0 Å². The van der Waals surface area contributed by atoms with Gasteiger partial charge in [0, 0.05) is 6.04 Å². The Morgan fingerprint density at radius 2 is 2.07 bits per heavy atom. The van der Waals surface area contributed by atoms with E-state index in [2.05, 4.69) is 5.32 Å². The van der Waals surface area contributed by atoms with E-state index in [4.69, 9.17) is 0 Å². The fourth-order valence-corrected chi connectivity index (χ4v) is 1.98. The molecule has 0 aromatic carbocycles. The van der Waals surface area contributed by atoms with E-state index < -0.39 is 12.1 Å². The topological polar surface area (TPSA) is 15.3 Å². The lowest BCUT2D eigenvalue weighted by molar-refractivity contribution is -0.176. The molecular formula is C10H19F3N2. The molecule has 0 radical (unpaired) electrons. The second kappa shape index (κ2) is 5.16. The normalized spacial score (nSPS) is 27.6. The van der Waals surface area contributed by atoms with Gasteiger partial charge < -0.3 is 10.2 Å². The summed E-state index contributed by atoms with van der Waals surface area (Å²) in [7, 11) is 1.93. The fourth-order valence-electron chi connectivity index (χ4n) is 1.98. The van der Waals surface area contributed by atoms with Gasteiger partial charge in [-0.15, -0.1) is 0 Å². The molecule has 15 heavy (non-hydrogen) atoms. The molecule has 1 N–H and O–H groups in total. The Balaban J connectivity index is 2.40. The highest BCUT2D eigenvalue weighted by molar-refractivity contribution is 4.88. The van der Waals surface area contributed by atoms with Crippen LogP contribution in [0, 0.1) is 5.92 Å². The molecule has 1 aliphatic heterocycles. The first-order valence-electron chi connectivity index (χ1n) is 5.43. The zero-order chi connectivity index (χ0) is 11.5. The molecule has 1 aliphatic rings. The van der Waals surface area contributed by atoms with Crippen molar-refractivity contribution >= 4 is 0 Å². The Bertz CT molecular complexity index is 194. The number of alkyl halides is 3. The van der Waals surface area contributed by atoms with Gasteiger partial charge in [0.15, 0.2) is 0 Å². The first-order chi connectivity index (χ1) is 6.95. The molecule has 2 nitrogen and oxygen atoms in total. The van der Waals surface area contributed by atoms with E-state index in [-0.39, 0.29) is 12.5 Å². The lowest BCUT2D eigenvalue weighted by atomic mass is 9.97. The lowest BCUT2D eigenvalue weighted by Gasteiger charge is -2.24. The van der Waals surface area contributed by atoms with Crippen LogP contribution in [0.2, 0.25) is 0 Å². The summed E-state index contributed by atoms with van der Waals surface area (Å²) < 4.78 is 37.7. The SMILES string of the molecule is CCN(C)CCC1NCCC1C(F)(F)F. The Morgan fingerprint density at radius 3 is 2.60 bits per heavy atom. The average Bonchev–Trinajstić information content (AvgIpc) is 2.61. The first kappa shape index (κ1) is 12.8. The molecule has 1 fully saturated rings. The van der Waals surface area contributed by atoms with Crippen molar-refractivity contribution in [3.63, 3.8) is 0 Å². The van der Waals surface area contributed by atoms with Crippen molar-refractivity contribution in [3.8, 4) is 0 Å². The Kier molecular flexibility index (Phi) is 4.40. The summed E-state index contributed by atoms with van der Waals surface area (Å²) in [6, 6.07) is -0.390. The molecular weight excluding hydrogens is 205 g/mol. The molecule has 1 heterocycles. The second-order valence-corrected chi connectivity index (χ2v) is 4.18. The standard InChI is InChI=1S/C10H19F3N2/c1-3-15(2)7-5-9-8(4-6-14-9)10(11,12)13/h8-9,14H,3-7H2,1-2H3. The number of hydrogen-bond acceptors (Lipinski definition) is 2. The minimum absolute atomic E-state index is 0.226. The molecule has 1 rings (SSSR count). The van der Waals surface area contributed by atoms with Gasteiger partial charge in [-0.1, -0.05) is 6.92 Å². The maximum atomic E-state index is 12.6. The molecule has 0 saturated carbocycles. The van der Waals surface area contributed by atoms with Crippen LogP contribution in [-0.4, -0.2) is 43.8 Å². The molecule has 5 heteroatoms.